The highest BCUT2D eigenvalue weighted by Crippen LogP contribution is 2.15. The van der Waals surface area contributed by atoms with Gasteiger partial charge in [0, 0.05) is 25.5 Å². The molecule has 4 nitrogen and oxygen atoms in total. The van der Waals surface area contributed by atoms with Crippen LogP contribution >= 0.6 is 0 Å². The van der Waals surface area contributed by atoms with Crippen LogP contribution in [-0.2, 0) is 7.05 Å². The van der Waals surface area contributed by atoms with Crippen LogP contribution in [0.15, 0.2) is 17.2 Å². The number of anilines is 1. The van der Waals surface area contributed by atoms with Gasteiger partial charge in [0.15, 0.2) is 5.82 Å². The van der Waals surface area contributed by atoms with Crippen LogP contribution in [0.3, 0.4) is 0 Å². The topological polar surface area (TPSA) is 46.9 Å². The maximum absolute atomic E-state index is 11.7. The number of nitrogens with one attached hydrogen (secondary N) is 1. The van der Waals surface area contributed by atoms with Gasteiger partial charge in [0.05, 0.1) is 0 Å². The average molecular weight is 223 g/mol. The van der Waals surface area contributed by atoms with Gasteiger partial charge in [0.1, 0.15) is 0 Å². The summed E-state index contributed by atoms with van der Waals surface area (Å²) in [4.78, 5) is 15.8. The maximum atomic E-state index is 11.7. The quantitative estimate of drug-likeness (QED) is 0.830. The molecule has 1 rings (SSSR count). The van der Waals surface area contributed by atoms with E-state index in [0.717, 1.165) is 12.8 Å². The molecule has 0 aliphatic carbocycles. The van der Waals surface area contributed by atoms with E-state index in [9.17, 15) is 4.79 Å². The van der Waals surface area contributed by atoms with Crippen molar-refractivity contribution in [1.82, 2.24) is 9.55 Å². The zero-order valence-electron chi connectivity index (χ0n) is 10.5. The van der Waals surface area contributed by atoms with Crippen molar-refractivity contribution in [2.45, 2.75) is 39.7 Å². The molecule has 0 saturated carbocycles. The van der Waals surface area contributed by atoms with E-state index in [4.69, 9.17) is 0 Å². The van der Waals surface area contributed by atoms with E-state index in [0.29, 0.717) is 11.7 Å². The average Bonchev–Trinajstić information content (AvgIpc) is 2.26. The van der Waals surface area contributed by atoms with Gasteiger partial charge >= 0.3 is 0 Å². The summed E-state index contributed by atoms with van der Waals surface area (Å²) < 4.78 is 1.54. The summed E-state index contributed by atoms with van der Waals surface area (Å²) in [5.74, 6) is 1.02. The summed E-state index contributed by atoms with van der Waals surface area (Å²) in [5, 5.41) is 3.21. The van der Waals surface area contributed by atoms with Crippen molar-refractivity contribution in [1.29, 1.82) is 0 Å². The molecule has 0 aliphatic heterocycles. The van der Waals surface area contributed by atoms with Crippen LogP contribution in [0.4, 0.5) is 5.82 Å². The Kier molecular flexibility index (Phi) is 4.52. The van der Waals surface area contributed by atoms with Crippen molar-refractivity contribution in [3.63, 3.8) is 0 Å². The predicted octanol–water partition coefficient (Wildman–Crippen LogP) is 2.02. The largest absolute Gasteiger partial charge is 0.363 e. The first-order valence-corrected chi connectivity index (χ1v) is 5.88. The van der Waals surface area contributed by atoms with Gasteiger partial charge in [-0.3, -0.25) is 4.79 Å². The first-order valence-electron chi connectivity index (χ1n) is 5.88. The summed E-state index contributed by atoms with van der Waals surface area (Å²) in [6.45, 7) is 6.44. The highest BCUT2D eigenvalue weighted by Gasteiger charge is 2.15. The molecule has 0 spiro atoms. The number of nitrogens with zero attached hydrogens (tertiary/aromatic N) is 2. The first kappa shape index (κ1) is 12.7. The molecule has 1 aromatic heterocycles. The molecule has 0 saturated heterocycles. The van der Waals surface area contributed by atoms with Gasteiger partial charge < -0.3 is 9.88 Å². The Labute approximate surface area is 96.7 Å². The summed E-state index contributed by atoms with van der Waals surface area (Å²) in [6.07, 6.45) is 5.52. The second-order valence-corrected chi connectivity index (χ2v) is 4.20. The summed E-state index contributed by atoms with van der Waals surface area (Å²) in [7, 11) is 1.73. The monoisotopic (exact) mass is 223 g/mol. The lowest BCUT2D eigenvalue weighted by Gasteiger charge is -2.22. The normalized spacial score (nSPS) is 12.8. The number of aryl methyl sites for hydroxylation is 1. The Morgan fingerprint density at radius 3 is 2.62 bits per heavy atom. The third kappa shape index (κ3) is 2.84. The fourth-order valence-corrected chi connectivity index (χ4v) is 1.93. The van der Waals surface area contributed by atoms with Crippen LogP contribution in [0.5, 0.6) is 0 Å². The zero-order valence-corrected chi connectivity index (χ0v) is 10.5. The molecule has 1 atom stereocenters. The van der Waals surface area contributed by atoms with Gasteiger partial charge in [-0.15, -0.1) is 0 Å². The van der Waals surface area contributed by atoms with E-state index in [2.05, 4.69) is 31.1 Å². The third-order valence-electron chi connectivity index (χ3n) is 3.14. The standard InChI is InChI=1S/C12H21N3O/c1-5-10(6-2)9(3)14-11-12(16)15(4)8-7-13-11/h7-10H,5-6H2,1-4H3,(H,13,14). The molecule has 16 heavy (non-hydrogen) atoms. The highest BCUT2D eigenvalue weighted by molar-refractivity contribution is 5.32. The molecule has 1 aromatic rings. The Balaban J connectivity index is 2.80. The van der Waals surface area contributed by atoms with Gasteiger partial charge in [-0.25, -0.2) is 4.98 Å². The van der Waals surface area contributed by atoms with E-state index < -0.39 is 0 Å². The Bertz CT molecular complexity index is 382. The summed E-state index contributed by atoms with van der Waals surface area (Å²) in [6, 6.07) is 0.276. The van der Waals surface area contributed by atoms with Crippen LogP contribution in [0.2, 0.25) is 0 Å². The number of aromatic nitrogens is 2. The molecule has 0 aliphatic rings. The minimum Gasteiger partial charge on any atom is -0.363 e. The molecule has 0 radical (unpaired) electrons. The molecule has 1 unspecified atom stereocenters. The molecular weight excluding hydrogens is 202 g/mol. The van der Waals surface area contributed by atoms with Crippen molar-refractivity contribution in [2.75, 3.05) is 5.32 Å². The summed E-state index contributed by atoms with van der Waals surface area (Å²) in [5.41, 5.74) is -0.0692. The Morgan fingerprint density at radius 1 is 1.44 bits per heavy atom. The van der Waals surface area contributed by atoms with Crippen LogP contribution in [0.1, 0.15) is 33.6 Å². The van der Waals surface area contributed by atoms with Crippen LogP contribution < -0.4 is 10.9 Å². The fourth-order valence-electron chi connectivity index (χ4n) is 1.93. The van der Waals surface area contributed by atoms with E-state index in [1.54, 1.807) is 19.4 Å². The Hall–Kier alpha value is -1.32. The molecule has 1 N–H and O–H groups in total. The Morgan fingerprint density at radius 2 is 2.06 bits per heavy atom. The van der Waals surface area contributed by atoms with Gasteiger partial charge in [-0.2, -0.15) is 0 Å². The molecule has 0 aromatic carbocycles. The predicted molar refractivity (Wildman–Crippen MR) is 66.6 cm³/mol. The lowest BCUT2D eigenvalue weighted by Crippen LogP contribution is -2.30. The van der Waals surface area contributed by atoms with Gasteiger partial charge in [-0.1, -0.05) is 26.7 Å². The molecule has 90 valence electrons. The SMILES string of the molecule is CCC(CC)C(C)Nc1nccn(C)c1=O. The van der Waals surface area contributed by atoms with E-state index in [1.807, 2.05) is 0 Å². The van der Waals surface area contributed by atoms with Crippen molar-refractivity contribution in [2.24, 2.45) is 13.0 Å². The molecule has 0 amide bonds. The van der Waals surface area contributed by atoms with Crippen molar-refractivity contribution in [3.8, 4) is 0 Å². The van der Waals surface area contributed by atoms with Gasteiger partial charge in [-0.05, 0) is 12.8 Å². The molecular formula is C12H21N3O. The number of hydrogen-bond acceptors (Lipinski definition) is 3. The minimum atomic E-state index is -0.0692. The lowest BCUT2D eigenvalue weighted by molar-refractivity contribution is 0.436. The highest BCUT2D eigenvalue weighted by atomic mass is 16.1. The maximum Gasteiger partial charge on any atom is 0.293 e. The van der Waals surface area contributed by atoms with Gasteiger partial charge in [0.25, 0.3) is 5.56 Å². The number of rotatable bonds is 5. The molecule has 0 bridgehead atoms. The second-order valence-electron chi connectivity index (χ2n) is 4.20. The molecule has 1 heterocycles. The molecule has 4 heteroatoms. The van der Waals surface area contributed by atoms with Crippen LogP contribution in [0, 0.1) is 5.92 Å². The van der Waals surface area contributed by atoms with Crippen LogP contribution in [0.25, 0.3) is 0 Å². The van der Waals surface area contributed by atoms with Crippen molar-refractivity contribution >= 4 is 5.82 Å². The van der Waals surface area contributed by atoms with Crippen molar-refractivity contribution < 1.29 is 0 Å². The second kappa shape index (κ2) is 5.68. The van der Waals surface area contributed by atoms with Crippen molar-refractivity contribution in [3.05, 3.63) is 22.7 Å². The zero-order chi connectivity index (χ0) is 12.1. The van der Waals surface area contributed by atoms with Crippen LogP contribution in [-0.4, -0.2) is 15.6 Å². The minimum absolute atomic E-state index is 0.0692. The van der Waals surface area contributed by atoms with E-state index in [1.165, 1.54) is 4.57 Å². The van der Waals surface area contributed by atoms with E-state index >= 15 is 0 Å². The summed E-state index contributed by atoms with van der Waals surface area (Å²) >= 11 is 0. The molecule has 0 fully saturated rings. The van der Waals surface area contributed by atoms with E-state index in [-0.39, 0.29) is 11.6 Å². The third-order valence-corrected chi connectivity index (χ3v) is 3.14. The fraction of sp³-hybridized carbons (Fsp3) is 0.667. The first-order chi connectivity index (χ1) is 7.60. The van der Waals surface area contributed by atoms with Gasteiger partial charge in [0.2, 0.25) is 0 Å². The smallest absolute Gasteiger partial charge is 0.293 e. The number of hydrogen-bond donors (Lipinski definition) is 1. The lowest BCUT2D eigenvalue weighted by atomic mass is 9.95.